The van der Waals surface area contributed by atoms with Crippen molar-refractivity contribution in [2.75, 3.05) is 5.75 Å². The highest BCUT2D eigenvalue weighted by molar-refractivity contribution is 7.99. The Labute approximate surface area is 167 Å². The van der Waals surface area contributed by atoms with Gasteiger partial charge in [0.05, 0.1) is 11.4 Å². The SMILES string of the molecule is CCc1cccc2c(C(=O)CSc3nnnn3-c3c(C)cccc3C)c[nH]c12. The number of ketones is 1. The maximum absolute atomic E-state index is 12.9. The Morgan fingerprint density at radius 3 is 2.64 bits per heavy atom. The maximum atomic E-state index is 12.9. The molecular weight excluding hydrogens is 370 g/mol. The number of Topliss-reactive ketones (excluding diaryl/α,β-unsaturated/α-hetero) is 1. The highest BCUT2D eigenvalue weighted by atomic mass is 32.2. The van der Waals surface area contributed by atoms with Crippen molar-refractivity contribution in [3.05, 3.63) is 64.8 Å². The predicted octanol–water partition coefficient (Wildman–Crippen LogP) is 4.30. The molecule has 28 heavy (non-hydrogen) atoms. The number of nitrogens with zero attached hydrogens (tertiary/aromatic N) is 4. The molecule has 7 heteroatoms. The van der Waals surface area contributed by atoms with Gasteiger partial charge in [0.25, 0.3) is 0 Å². The molecule has 142 valence electrons. The molecule has 0 spiro atoms. The highest BCUT2D eigenvalue weighted by Crippen LogP contribution is 2.26. The summed E-state index contributed by atoms with van der Waals surface area (Å²) in [5.74, 6) is 0.329. The number of thioether (sulfide) groups is 1. The number of para-hydroxylation sites is 2. The number of tetrazole rings is 1. The number of fused-ring (bicyclic) bond motifs is 1. The third-order valence-corrected chi connectivity index (χ3v) is 5.83. The van der Waals surface area contributed by atoms with Crippen LogP contribution < -0.4 is 0 Å². The second-order valence-electron chi connectivity index (χ2n) is 6.72. The molecule has 0 aliphatic rings. The van der Waals surface area contributed by atoms with Gasteiger partial charge in [-0.05, 0) is 47.4 Å². The first kappa shape index (κ1) is 18.4. The van der Waals surface area contributed by atoms with Crippen LogP contribution in [0.25, 0.3) is 16.6 Å². The van der Waals surface area contributed by atoms with Crippen LogP contribution in [-0.2, 0) is 6.42 Å². The van der Waals surface area contributed by atoms with E-state index in [1.165, 1.54) is 17.3 Å². The van der Waals surface area contributed by atoms with Crippen molar-refractivity contribution in [2.24, 2.45) is 0 Å². The minimum atomic E-state index is 0.0561. The summed E-state index contributed by atoms with van der Waals surface area (Å²) in [5, 5.41) is 13.7. The van der Waals surface area contributed by atoms with Gasteiger partial charge in [-0.2, -0.15) is 4.68 Å². The van der Waals surface area contributed by atoms with Crippen LogP contribution >= 0.6 is 11.8 Å². The van der Waals surface area contributed by atoms with Gasteiger partial charge in [-0.1, -0.05) is 55.1 Å². The fraction of sp³-hybridized carbons (Fsp3) is 0.238. The lowest BCUT2D eigenvalue weighted by Gasteiger charge is -2.10. The zero-order chi connectivity index (χ0) is 19.7. The van der Waals surface area contributed by atoms with Gasteiger partial charge in [0.15, 0.2) is 5.78 Å². The molecule has 0 fully saturated rings. The lowest BCUT2D eigenvalue weighted by Crippen LogP contribution is -2.06. The minimum Gasteiger partial charge on any atom is -0.360 e. The summed E-state index contributed by atoms with van der Waals surface area (Å²) in [4.78, 5) is 16.1. The van der Waals surface area contributed by atoms with Crippen LogP contribution in [0.4, 0.5) is 0 Å². The number of carbonyl (C=O) groups is 1. The number of carbonyl (C=O) groups excluding carboxylic acids is 1. The number of aromatic nitrogens is 5. The van der Waals surface area contributed by atoms with Crippen molar-refractivity contribution < 1.29 is 4.79 Å². The largest absolute Gasteiger partial charge is 0.360 e. The second-order valence-corrected chi connectivity index (χ2v) is 7.66. The standard InChI is InChI=1S/C21H21N5OS/c1-4-15-9-6-10-16-17(11-22-19(15)16)18(27)12-28-21-23-24-25-26(21)20-13(2)7-5-8-14(20)3/h5-11,22H,4,12H2,1-3H3. The van der Waals surface area contributed by atoms with Gasteiger partial charge >= 0.3 is 0 Å². The molecule has 0 aliphatic heterocycles. The van der Waals surface area contributed by atoms with Gasteiger partial charge in [0, 0.05) is 22.7 Å². The number of H-pyrrole nitrogens is 1. The Kier molecular flexibility index (Phi) is 5.00. The van der Waals surface area contributed by atoms with E-state index in [4.69, 9.17) is 0 Å². The number of aryl methyl sites for hydroxylation is 3. The molecule has 0 radical (unpaired) electrons. The van der Waals surface area contributed by atoms with Crippen LogP contribution in [0.15, 0.2) is 47.8 Å². The molecule has 0 saturated heterocycles. The van der Waals surface area contributed by atoms with E-state index in [9.17, 15) is 4.79 Å². The lowest BCUT2D eigenvalue weighted by molar-refractivity contribution is 0.102. The van der Waals surface area contributed by atoms with Gasteiger partial charge in [-0.3, -0.25) is 4.79 Å². The summed E-state index contributed by atoms with van der Waals surface area (Å²) in [6, 6.07) is 12.1. The van der Waals surface area contributed by atoms with Crippen molar-refractivity contribution in [3.8, 4) is 5.69 Å². The number of benzene rings is 2. The molecule has 1 N–H and O–H groups in total. The van der Waals surface area contributed by atoms with E-state index < -0.39 is 0 Å². The van der Waals surface area contributed by atoms with Crippen molar-refractivity contribution in [3.63, 3.8) is 0 Å². The molecule has 0 saturated carbocycles. The van der Waals surface area contributed by atoms with E-state index in [1.807, 2.05) is 44.2 Å². The molecule has 2 aromatic carbocycles. The highest BCUT2D eigenvalue weighted by Gasteiger charge is 2.18. The molecule has 2 aromatic heterocycles. The first-order valence-electron chi connectivity index (χ1n) is 9.20. The van der Waals surface area contributed by atoms with Crippen molar-refractivity contribution in [1.82, 2.24) is 25.2 Å². The van der Waals surface area contributed by atoms with E-state index >= 15 is 0 Å². The molecule has 4 rings (SSSR count). The van der Waals surface area contributed by atoms with Crippen molar-refractivity contribution in [2.45, 2.75) is 32.3 Å². The number of aromatic amines is 1. The summed E-state index contributed by atoms with van der Waals surface area (Å²) < 4.78 is 1.72. The minimum absolute atomic E-state index is 0.0561. The van der Waals surface area contributed by atoms with Crippen molar-refractivity contribution in [1.29, 1.82) is 0 Å². The first-order chi connectivity index (χ1) is 13.6. The second kappa shape index (κ2) is 7.59. The summed E-state index contributed by atoms with van der Waals surface area (Å²) >= 11 is 1.35. The van der Waals surface area contributed by atoms with Crippen molar-refractivity contribution >= 4 is 28.4 Å². The molecule has 2 heterocycles. The van der Waals surface area contributed by atoms with E-state index in [1.54, 1.807) is 10.9 Å². The van der Waals surface area contributed by atoms with Gasteiger partial charge in [-0.15, -0.1) is 5.10 Å². The monoisotopic (exact) mass is 391 g/mol. The molecule has 0 bridgehead atoms. The Morgan fingerprint density at radius 1 is 1.14 bits per heavy atom. The number of nitrogens with one attached hydrogen (secondary N) is 1. The Bertz CT molecular complexity index is 1140. The summed E-state index contributed by atoms with van der Waals surface area (Å²) in [6.45, 7) is 6.17. The zero-order valence-corrected chi connectivity index (χ0v) is 16.9. The van der Waals surface area contributed by atoms with E-state index in [-0.39, 0.29) is 11.5 Å². The van der Waals surface area contributed by atoms with Gasteiger partial charge in [-0.25, -0.2) is 0 Å². The Balaban J connectivity index is 1.58. The predicted molar refractivity (Wildman–Crippen MR) is 111 cm³/mol. The lowest BCUT2D eigenvalue weighted by atomic mass is 10.1. The maximum Gasteiger partial charge on any atom is 0.214 e. The van der Waals surface area contributed by atoms with Crippen LogP contribution in [-0.4, -0.2) is 36.7 Å². The number of hydrogen-bond donors (Lipinski definition) is 1. The topological polar surface area (TPSA) is 76.5 Å². The molecule has 6 nitrogen and oxygen atoms in total. The number of hydrogen-bond acceptors (Lipinski definition) is 5. The Hall–Kier alpha value is -2.93. The average molecular weight is 392 g/mol. The summed E-state index contributed by atoms with van der Waals surface area (Å²) in [7, 11) is 0. The van der Waals surface area contributed by atoms with E-state index in [0.29, 0.717) is 10.7 Å². The smallest absolute Gasteiger partial charge is 0.214 e. The van der Waals surface area contributed by atoms with Gasteiger partial charge in [0.1, 0.15) is 0 Å². The van der Waals surface area contributed by atoms with Gasteiger partial charge in [0.2, 0.25) is 5.16 Å². The molecule has 0 unspecified atom stereocenters. The molecule has 0 aliphatic carbocycles. The van der Waals surface area contributed by atoms with E-state index in [2.05, 4.69) is 33.5 Å². The average Bonchev–Trinajstić information content (AvgIpc) is 3.33. The van der Waals surface area contributed by atoms with Crippen LogP contribution in [0, 0.1) is 13.8 Å². The third kappa shape index (κ3) is 3.22. The Morgan fingerprint density at radius 2 is 1.89 bits per heavy atom. The first-order valence-corrected chi connectivity index (χ1v) is 10.2. The molecular formula is C21H21N5OS. The third-order valence-electron chi connectivity index (χ3n) is 4.91. The normalized spacial score (nSPS) is 11.2. The molecule has 0 amide bonds. The van der Waals surface area contributed by atoms with Crippen LogP contribution in [0.1, 0.15) is 34.0 Å². The van der Waals surface area contributed by atoms with Crippen LogP contribution in [0.2, 0.25) is 0 Å². The van der Waals surface area contributed by atoms with Crippen LogP contribution in [0.5, 0.6) is 0 Å². The van der Waals surface area contributed by atoms with Crippen LogP contribution in [0.3, 0.4) is 0 Å². The van der Waals surface area contributed by atoms with E-state index in [0.717, 1.165) is 34.1 Å². The number of rotatable bonds is 6. The molecule has 0 atom stereocenters. The quantitative estimate of drug-likeness (QED) is 0.392. The van der Waals surface area contributed by atoms with Gasteiger partial charge < -0.3 is 4.98 Å². The zero-order valence-electron chi connectivity index (χ0n) is 16.1. The fourth-order valence-corrected chi connectivity index (χ4v) is 4.26. The summed E-state index contributed by atoms with van der Waals surface area (Å²) in [5.41, 5.74) is 6.10. The fourth-order valence-electron chi connectivity index (χ4n) is 3.50. The summed E-state index contributed by atoms with van der Waals surface area (Å²) in [6.07, 6.45) is 2.73. The molecule has 4 aromatic rings.